The highest BCUT2D eigenvalue weighted by atomic mass is 16.5. The van der Waals surface area contributed by atoms with Crippen LogP contribution in [0.25, 0.3) is 0 Å². The maximum atomic E-state index is 5.90. The normalized spacial score (nSPS) is 12.2. The number of hydrogen-bond acceptors (Lipinski definition) is 4. The van der Waals surface area contributed by atoms with Gasteiger partial charge in [-0.05, 0) is 35.8 Å². The summed E-state index contributed by atoms with van der Waals surface area (Å²) in [6, 6.07) is 7.86. The molecule has 0 aliphatic carbocycles. The van der Waals surface area contributed by atoms with E-state index in [9.17, 15) is 0 Å². The maximum Gasteiger partial charge on any atom is 0.161 e. The first-order valence-electron chi connectivity index (χ1n) is 10.2. The Morgan fingerprint density at radius 3 is 1.63 bits per heavy atom. The summed E-state index contributed by atoms with van der Waals surface area (Å²) in [5, 5.41) is 0. The first kappa shape index (κ1) is 23.8. The lowest BCUT2D eigenvalue weighted by Gasteiger charge is -2.19. The zero-order valence-electron chi connectivity index (χ0n) is 18.3. The lowest BCUT2D eigenvalue weighted by atomic mass is 9.93. The third-order valence-electron chi connectivity index (χ3n) is 4.02. The van der Waals surface area contributed by atoms with Gasteiger partial charge in [0.25, 0.3) is 0 Å². The van der Waals surface area contributed by atoms with Crippen LogP contribution in [0.3, 0.4) is 0 Å². The van der Waals surface area contributed by atoms with Crippen molar-refractivity contribution >= 4 is 0 Å². The molecule has 1 rings (SSSR count). The zero-order chi connectivity index (χ0) is 20.2. The lowest BCUT2D eigenvalue weighted by molar-refractivity contribution is 0.0352. The molecule has 0 spiro atoms. The largest absolute Gasteiger partial charge is 0.490 e. The van der Waals surface area contributed by atoms with Gasteiger partial charge in [0.2, 0.25) is 0 Å². The van der Waals surface area contributed by atoms with Gasteiger partial charge in [-0.3, -0.25) is 0 Å². The van der Waals surface area contributed by atoms with Gasteiger partial charge in [-0.25, -0.2) is 0 Å². The molecular weight excluding hydrogens is 340 g/mol. The molecule has 0 unspecified atom stereocenters. The monoisotopic (exact) mass is 380 g/mol. The third-order valence-corrected chi connectivity index (χ3v) is 4.02. The first-order valence-corrected chi connectivity index (χ1v) is 10.2. The Morgan fingerprint density at radius 2 is 1.07 bits per heavy atom. The highest BCUT2D eigenvalue weighted by Crippen LogP contribution is 2.28. The molecule has 0 heterocycles. The van der Waals surface area contributed by atoms with Gasteiger partial charge in [-0.15, -0.1) is 0 Å². The van der Waals surface area contributed by atoms with Crippen molar-refractivity contribution in [1.29, 1.82) is 0 Å². The fourth-order valence-corrected chi connectivity index (χ4v) is 2.20. The van der Waals surface area contributed by atoms with Crippen LogP contribution in [0.4, 0.5) is 0 Å². The molecule has 0 aliphatic rings. The van der Waals surface area contributed by atoms with Crippen LogP contribution < -0.4 is 9.47 Å². The summed E-state index contributed by atoms with van der Waals surface area (Å²) in [7, 11) is 0. The highest BCUT2D eigenvalue weighted by Gasteiger charge is 2.11. The van der Waals surface area contributed by atoms with Crippen molar-refractivity contribution in [2.75, 3.05) is 39.6 Å². The van der Waals surface area contributed by atoms with Gasteiger partial charge in [0.05, 0.1) is 26.4 Å². The molecule has 27 heavy (non-hydrogen) atoms. The van der Waals surface area contributed by atoms with Crippen LogP contribution in [0.5, 0.6) is 11.5 Å². The van der Waals surface area contributed by atoms with Crippen molar-refractivity contribution in [3.05, 3.63) is 24.3 Å². The van der Waals surface area contributed by atoms with Crippen molar-refractivity contribution in [2.45, 2.75) is 60.8 Å². The Balaban J connectivity index is 2.11. The summed E-state index contributed by atoms with van der Waals surface area (Å²) in [5.41, 5.74) is 0.592. The van der Waals surface area contributed by atoms with Gasteiger partial charge in [0.1, 0.15) is 0 Å². The van der Waals surface area contributed by atoms with Crippen LogP contribution in [0.2, 0.25) is 0 Å². The van der Waals surface area contributed by atoms with Gasteiger partial charge in [0, 0.05) is 19.6 Å². The molecule has 0 saturated carbocycles. The molecule has 0 fully saturated rings. The minimum absolute atomic E-state index is 0.267. The van der Waals surface area contributed by atoms with Crippen LogP contribution >= 0.6 is 0 Å². The number of hydrogen-bond donors (Lipinski definition) is 0. The Morgan fingerprint density at radius 1 is 0.593 bits per heavy atom. The summed E-state index contributed by atoms with van der Waals surface area (Å²) in [5.74, 6) is 1.62. The lowest BCUT2D eigenvalue weighted by Crippen LogP contribution is -2.13. The summed E-state index contributed by atoms with van der Waals surface area (Å²) in [6.07, 6.45) is 2.92. The smallest absolute Gasteiger partial charge is 0.161 e. The summed E-state index contributed by atoms with van der Waals surface area (Å²) in [6.45, 7) is 17.4. The predicted octanol–water partition coefficient (Wildman–Crippen LogP) is 5.74. The summed E-state index contributed by atoms with van der Waals surface area (Å²) in [4.78, 5) is 0. The van der Waals surface area contributed by atoms with Gasteiger partial charge < -0.3 is 18.9 Å². The number of para-hydroxylation sites is 2. The minimum Gasteiger partial charge on any atom is -0.490 e. The predicted molar refractivity (Wildman–Crippen MR) is 112 cm³/mol. The molecule has 4 nitrogen and oxygen atoms in total. The van der Waals surface area contributed by atoms with E-state index in [1.165, 1.54) is 0 Å². The average Bonchev–Trinajstić information content (AvgIpc) is 2.55. The SMILES string of the molecule is CC(C)(C)CCOCCOCCCOc1ccccc1OCCC(C)(C)C. The molecule has 4 heteroatoms. The van der Waals surface area contributed by atoms with E-state index in [0.717, 1.165) is 37.4 Å². The van der Waals surface area contributed by atoms with Crippen LogP contribution in [-0.2, 0) is 9.47 Å². The fourth-order valence-electron chi connectivity index (χ4n) is 2.20. The van der Waals surface area contributed by atoms with E-state index in [4.69, 9.17) is 18.9 Å². The molecular formula is C23H40O4. The molecule has 0 radical (unpaired) electrons. The molecule has 0 bridgehead atoms. The molecule has 1 aromatic carbocycles. The molecule has 0 atom stereocenters. The first-order chi connectivity index (χ1) is 12.7. The zero-order valence-corrected chi connectivity index (χ0v) is 18.3. The summed E-state index contributed by atoms with van der Waals surface area (Å²) < 4.78 is 23.0. The second-order valence-electron chi connectivity index (χ2n) is 9.34. The number of benzene rings is 1. The van der Waals surface area contributed by atoms with Crippen LogP contribution in [-0.4, -0.2) is 39.6 Å². The van der Waals surface area contributed by atoms with E-state index in [-0.39, 0.29) is 5.41 Å². The average molecular weight is 381 g/mol. The molecule has 0 saturated heterocycles. The van der Waals surface area contributed by atoms with Crippen molar-refractivity contribution in [3.63, 3.8) is 0 Å². The standard InChI is InChI=1S/C23H40O4/c1-22(2,3)12-16-25-19-18-24-14-9-15-26-20-10-7-8-11-21(20)27-17-13-23(4,5)6/h7-8,10-11H,9,12-19H2,1-6H3. The van der Waals surface area contributed by atoms with E-state index in [0.29, 0.717) is 38.4 Å². The van der Waals surface area contributed by atoms with E-state index >= 15 is 0 Å². The Kier molecular flexibility index (Phi) is 10.8. The van der Waals surface area contributed by atoms with E-state index in [1.54, 1.807) is 0 Å². The second-order valence-corrected chi connectivity index (χ2v) is 9.34. The molecule has 1 aromatic rings. The van der Waals surface area contributed by atoms with Crippen molar-refractivity contribution in [1.82, 2.24) is 0 Å². The highest BCUT2D eigenvalue weighted by molar-refractivity contribution is 5.39. The fraction of sp³-hybridized carbons (Fsp3) is 0.739. The maximum absolute atomic E-state index is 5.90. The summed E-state index contributed by atoms with van der Waals surface area (Å²) >= 11 is 0. The third kappa shape index (κ3) is 13.5. The Bertz CT molecular complexity index is 500. The number of rotatable bonds is 13. The quantitative estimate of drug-likeness (QED) is 0.409. The van der Waals surface area contributed by atoms with Crippen LogP contribution in [0.1, 0.15) is 60.8 Å². The van der Waals surface area contributed by atoms with Gasteiger partial charge in [0.15, 0.2) is 11.5 Å². The van der Waals surface area contributed by atoms with E-state index < -0.39 is 0 Å². The molecule has 156 valence electrons. The molecule has 0 amide bonds. The van der Waals surface area contributed by atoms with Crippen LogP contribution in [0.15, 0.2) is 24.3 Å². The Labute approximate surface area is 166 Å². The topological polar surface area (TPSA) is 36.9 Å². The van der Waals surface area contributed by atoms with Gasteiger partial charge >= 0.3 is 0 Å². The van der Waals surface area contributed by atoms with Gasteiger partial charge in [-0.2, -0.15) is 0 Å². The van der Waals surface area contributed by atoms with E-state index in [1.807, 2.05) is 24.3 Å². The Hall–Kier alpha value is -1.26. The molecule has 0 N–H and O–H groups in total. The van der Waals surface area contributed by atoms with Gasteiger partial charge in [-0.1, -0.05) is 53.7 Å². The molecule has 0 aliphatic heterocycles. The van der Waals surface area contributed by atoms with Crippen molar-refractivity contribution in [2.24, 2.45) is 10.8 Å². The number of ether oxygens (including phenoxy) is 4. The van der Waals surface area contributed by atoms with Crippen LogP contribution in [0, 0.1) is 10.8 Å². The second kappa shape index (κ2) is 12.2. The van der Waals surface area contributed by atoms with Crippen molar-refractivity contribution in [3.8, 4) is 11.5 Å². The van der Waals surface area contributed by atoms with E-state index in [2.05, 4.69) is 41.5 Å². The molecule has 0 aromatic heterocycles. The minimum atomic E-state index is 0.267. The van der Waals surface area contributed by atoms with Crippen molar-refractivity contribution < 1.29 is 18.9 Å².